The van der Waals surface area contributed by atoms with Crippen LogP contribution in [-0.4, -0.2) is 16.2 Å². The number of amides is 1. The monoisotopic (exact) mass is 303 g/mol. The molecule has 6 heteroatoms. The van der Waals surface area contributed by atoms with Crippen LogP contribution in [0.3, 0.4) is 0 Å². The molecule has 0 fully saturated rings. The fourth-order valence-corrected chi connectivity index (χ4v) is 2.31. The highest BCUT2D eigenvalue weighted by Gasteiger charge is 2.29. The number of benzene rings is 1. The van der Waals surface area contributed by atoms with Gasteiger partial charge in [0.1, 0.15) is 5.52 Å². The molecule has 6 nitrogen and oxygen atoms in total. The molecule has 0 bridgehead atoms. The van der Waals surface area contributed by atoms with Gasteiger partial charge in [0.15, 0.2) is 0 Å². The summed E-state index contributed by atoms with van der Waals surface area (Å²) >= 11 is 0. The van der Waals surface area contributed by atoms with E-state index in [1.807, 2.05) is 34.6 Å². The van der Waals surface area contributed by atoms with Crippen molar-refractivity contribution in [3.63, 3.8) is 0 Å². The van der Waals surface area contributed by atoms with E-state index in [1.165, 1.54) is 6.92 Å². The fourth-order valence-electron chi connectivity index (χ4n) is 2.31. The van der Waals surface area contributed by atoms with Crippen molar-refractivity contribution in [3.8, 4) is 0 Å². The van der Waals surface area contributed by atoms with Gasteiger partial charge < -0.3 is 15.3 Å². The second-order valence-electron chi connectivity index (χ2n) is 6.65. The minimum atomic E-state index is -0.551. The summed E-state index contributed by atoms with van der Waals surface area (Å²) in [7, 11) is 0. The van der Waals surface area contributed by atoms with Gasteiger partial charge in [-0.1, -0.05) is 0 Å². The van der Waals surface area contributed by atoms with Gasteiger partial charge in [-0.25, -0.2) is 0 Å². The van der Waals surface area contributed by atoms with E-state index in [4.69, 9.17) is 0 Å². The average molecular weight is 303 g/mol. The van der Waals surface area contributed by atoms with Crippen LogP contribution in [0.2, 0.25) is 0 Å². The van der Waals surface area contributed by atoms with Crippen molar-refractivity contribution in [2.45, 2.75) is 47.1 Å². The number of nitrogens with one attached hydrogen (secondary N) is 1. The van der Waals surface area contributed by atoms with Crippen LogP contribution in [0.4, 0.5) is 0 Å². The summed E-state index contributed by atoms with van der Waals surface area (Å²) in [5.74, 6) is -0.551. The molecule has 0 spiro atoms. The third kappa shape index (κ3) is 2.68. The number of carbonyl (C=O) groups is 1. The molecule has 0 aliphatic rings. The van der Waals surface area contributed by atoms with Crippen molar-refractivity contribution in [2.24, 2.45) is 0 Å². The second-order valence-corrected chi connectivity index (χ2v) is 6.65. The maximum absolute atomic E-state index is 12.6. The zero-order chi connectivity index (χ0) is 16.8. The number of carbonyl (C=O) groups excluding carboxylic acids is 1. The van der Waals surface area contributed by atoms with Crippen molar-refractivity contribution >= 4 is 16.9 Å². The molecular weight excluding hydrogens is 282 g/mol. The molecule has 1 amide bonds. The smallest absolute Gasteiger partial charge is 0.346 e. The van der Waals surface area contributed by atoms with Crippen molar-refractivity contribution in [3.05, 3.63) is 44.8 Å². The third-order valence-corrected chi connectivity index (χ3v) is 3.58. The maximum atomic E-state index is 12.6. The van der Waals surface area contributed by atoms with Crippen molar-refractivity contribution in [2.75, 3.05) is 0 Å². The lowest BCUT2D eigenvalue weighted by Crippen LogP contribution is -2.45. The Morgan fingerprint density at radius 3 is 2.27 bits per heavy atom. The molecule has 0 aliphatic heterocycles. The van der Waals surface area contributed by atoms with E-state index >= 15 is 0 Å². The minimum Gasteiger partial charge on any atom is -0.805 e. The van der Waals surface area contributed by atoms with Gasteiger partial charge in [-0.05, 0) is 58.7 Å². The largest absolute Gasteiger partial charge is 0.805 e. The normalized spacial score (nSPS) is 11.7. The number of hydrogen-bond acceptors (Lipinski definition) is 3. The Labute approximate surface area is 128 Å². The Hall–Kier alpha value is -2.37. The van der Waals surface area contributed by atoms with Crippen molar-refractivity contribution in [1.82, 2.24) is 10.0 Å². The van der Waals surface area contributed by atoms with E-state index in [0.29, 0.717) is 9.16 Å². The molecule has 0 atom stereocenters. The quantitative estimate of drug-likeness (QED) is 0.821. The molecule has 22 heavy (non-hydrogen) atoms. The lowest BCUT2D eigenvalue weighted by Gasteiger charge is -2.21. The van der Waals surface area contributed by atoms with Gasteiger partial charge in [-0.2, -0.15) is 0 Å². The molecule has 2 aromatic rings. The summed E-state index contributed by atoms with van der Waals surface area (Å²) < 4.78 is 1.19. The molecule has 0 unspecified atom stereocenters. The second kappa shape index (κ2) is 5.12. The van der Waals surface area contributed by atoms with Gasteiger partial charge in [0, 0.05) is 16.5 Å². The van der Waals surface area contributed by atoms with Crippen LogP contribution in [0.15, 0.2) is 12.1 Å². The Morgan fingerprint density at radius 2 is 1.73 bits per heavy atom. The first-order valence-corrected chi connectivity index (χ1v) is 7.12. The molecule has 1 aromatic carbocycles. The zero-order valence-electron chi connectivity index (χ0n) is 13.8. The lowest BCUT2D eigenvalue weighted by atomic mass is 10.1. The highest BCUT2D eigenvalue weighted by Crippen LogP contribution is 2.19. The van der Waals surface area contributed by atoms with Gasteiger partial charge in [0.05, 0.1) is 10.1 Å². The number of rotatable bonds is 1. The molecule has 0 saturated heterocycles. The van der Waals surface area contributed by atoms with Crippen LogP contribution in [0.1, 0.15) is 48.1 Å². The van der Waals surface area contributed by atoms with E-state index in [0.717, 1.165) is 11.1 Å². The number of aryl methyl sites for hydroxylation is 2. The number of fused-ring (bicyclic) bond motifs is 1. The Morgan fingerprint density at radius 1 is 1.18 bits per heavy atom. The van der Waals surface area contributed by atoms with Crippen LogP contribution >= 0.6 is 0 Å². The summed E-state index contributed by atoms with van der Waals surface area (Å²) in [5.41, 5.74) is 1.70. The van der Waals surface area contributed by atoms with Gasteiger partial charge in [-0.3, -0.25) is 4.79 Å². The number of aromatic nitrogens is 2. The minimum absolute atomic E-state index is 0.0903. The third-order valence-electron chi connectivity index (χ3n) is 3.58. The topological polar surface area (TPSA) is 80.1 Å². The molecule has 118 valence electrons. The molecule has 1 heterocycles. The standard InChI is InChI=1S/C16H21N3O3/c1-9-7-12-13(8-10(9)2)19(22)14(11(3)18(12)21)15(20)17-16(4,5)6/h7-8H,1-6H3,(H,17,20). The number of nitrogens with zero attached hydrogens (tertiary/aromatic N) is 2. The molecule has 0 saturated carbocycles. The lowest BCUT2D eigenvalue weighted by molar-refractivity contribution is -0.468. The highest BCUT2D eigenvalue weighted by molar-refractivity contribution is 5.93. The summed E-state index contributed by atoms with van der Waals surface area (Å²) in [6, 6.07) is 3.31. The maximum Gasteiger partial charge on any atom is 0.346 e. The summed E-state index contributed by atoms with van der Waals surface area (Å²) in [6.45, 7) is 10.7. The van der Waals surface area contributed by atoms with Crippen molar-refractivity contribution < 1.29 is 9.22 Å². The van der Waals surface area contributed by atoms with E-state index in [1.54, 1.807) is 12.1 Å². The first kappa shape index (κ1) is 16.0. The first-order valence-electron chi connectivity index (χ1n) is 7.12. The summed E-state index contributed by atoms with van der Waals surface area (Å²) in [6.07, 6.45) is 0. The predicted molar refractivity (Wildman–Crippen MR) is 85.5 cm³/mol. The van der Waals surface area contributed by atoms with Gasteiger partial charge in [0.2, 0.25) is 0 Å². The van der Waals surface area contributed by atoms with Gasteiger partial charge >= 0.3 is 11.6 Å². The SMILES string of the molecule is Cc1cc2c(cc1C)[n+](=O)c(C(=O)NC(C)(C)C)c(C)n2[O-]. The zero-order valence-corrected chi connectivity index (χ0v) is 13.8. The molecule has 1 N–H and O–H groups in total. The van der Waals surface area contributed by atoms with Crippen LogP contribution in [0.5, 0.6) is 0 Å². The van der Waals surface area contributed by atoms with E-state index in [9.17, 15) is 14.9 Å². The van der Waals surface area contributed by atoms with Crippen LogP contribution in [0.25, 0.3) is 11.0 Å². The van der Waals surface area contributed by atoms with Crippen LogP contribution < -0.4 is 9.74 Å². The van der Waals surface area contributed by atoms with Crippen LogP contribution in [0, 0.1) is 30.9 Å². The molecule has 2 rings (SSSR count). The first-order chi connectivity index (χ1) is 10.0. The fraction of sp³-hybridized carbons (Fsp3) is 0.438. The van der Waals surface area contributed by atoms with E-state index in [2.05, 4.69) is 5.32 Å². The van der Waals surface area contributed by atoms with E-state index < -0.39 is 11.4 Å². The number of hydrogen-bond donors (Lipinski definition) is 1. The summed E-state index contributed by atoms with van der Waals surface area (Å²) in [5, 5.41) is 15.1. The predicted octanol–water partition coefficient (Wildman–Crippen LogP) is 2.36. The molecule has 0 radical (unpaired) electrons. The Bertz CT molecular complexity index is 829. The Kier molecular flexibility index (Phi) is 3.73. The van der Waals surface area contributed by atoms with Gasteiger partial charge in [-0.15, -0.1) is 0 Å². The molecular formula is C16H21N3O3. The summed E-state index contributed by atoms with van der Waals surface area (Å²) in [4.78, 5) is 25.0. The van der Waals surface area contributed by atoms with Gasteiger partial charge in [0.25, 0.3) is 5.52 Å². The highest BCUT2D eigenvalue weighted by atomic mass is 16.5. The van der Waals surface area contributed by atoms with E-state index in [-0.39, 0.29) is 22.4 Å². The average Bonchev–Trinajstić information content (AvgIpc) is 2.36. The molecule has 1 aromatic heterocycles. The Balaban J connectivity index is 2.79. The van der Waals surface area contributed by atoms with Crippen LogP contribution in [-0.2, 0) is 0 Å². The molecule has 0 aliphatic carbocycles. The van der Waals surface area contributed by atoms with Crippen molar-refractivity contribution in [1.29, 1.82) is 0 Å².